The smallest absolute Gasteiger partial charge is 0.243 e. The molecule has 0 aliphatic carbocycles. The molecule has 1 atom stereocenters. The number of nitrogens with zero attached hydrogens (tertiary/aromatic N) is 2. The summed E-state index contributed by atoms with van der Waals surface area (Å²) >= 11 is 2.22. The first kappa shape index (κ1) is 19.3. The molecule has 0 radical (unpaired) electrons. The molecule has 0 saturated carbocycles. The summed E-state index contributed by atoms with van der Waals surface area (Å²) in [5.74, 6) is 1.55. The molecule has 8 heteroatoms. The van der Waals surface area contributed by atoms with Gasteiger partial charge in [-0.1, -0.05) is 6.07 Å². The summed E-state index contributed by atoms with van der Waals surface area (Å²) in [5.41, 5.74) is 1.45. The minimum Gasteiger partial charge on any atom is -0.493 e. The number of carbonyl (C=O) groups excluding carboxylic acids is 1. The van der Waals surface area contributed by atoms with Gasteiger partial charge in [0.2, 0.25) is 23.8 Å². The standard InChI is InChI=1S/C19H19IN2O5/c1-11(23)22-19(27-18(21-22)12-6-5-7-14(20)8-12)13-9-15(24-2)17(26-4)16(10-13)25-3/h5-10,19H,1-4H3/t19-/m0/s1. The highest BCUT2D eigenvalue weighted by Gasteiger charge is 2.34. The maximum Gasteiger partial charge on any atom is 0.243 e. The molecule has 142 valence electrons. The van der Waals surface area contributed by atoms with Crippen molar-refractivity contribution >= 4 is 34.4 Å². The maximum absolute atomic E-state index is 12.2. The van der Waals surface area contributed by atoms with Gasteiger partial charge >= 0.3 is 0 Å². The Kier molecular flexibility index (Phi) is 5.73. The Labute approximate surface area is 171 Å². The van der Waals surface area contributed by atoms with Crippen molar-refractivity contribution in [2.24, 2.45) is 5.10 Å². The predicted molar refractivity (Wildman–Crippen MR) is 108 cm³/mol. The number of carbonyl (C=O) groups is 1. The zero-order valence-electron chi connectivity index (χ0n) is 15.4. The quantitative estimate of drug-likeness (QED) is 0.610. The zero-order chi connectivity index (χ0) is 19.6. The number of methoxy groups -OCH3 is 3. The molecular formula is C19H19IN2O5. The van der Waals surface area contributed by atoms with Crippen LogP contribution in [-0.4, -0.2) is 38.1 Å². The number of hydrogen-bond acceptors (Lipinski definition) is 6. The van der Waals surface area contributed by atoms with Gasteiger partial charge in [-0.15, -0.1) is 5.10 Å². The fourth-order valence-corrected chi connectivity index (χ4v) is 3.31. The number of amides is 1. The van der Waals surface area contributed by atoms with Gasteiger partial charge in [0.15, 0.2) is 11.5 Å². The summed E-state index contributed by atoms with van der Waals surface area (Å²) in [6.45, 7) is 1.44. The summed E-state index contributed by atoms with van der Waals surface area (Å²) in [4.78, 5) is 12.2. The largest absolute Gasteiger partial charge is 0.493 e. The third-order valence-corrected chi connectivity index (χ3v) is 4.68. The van der Waals surface area contributed by atoms with Crippen LogP contribution in [0.1, 0.15) is 24.3 Å². The molecule has 0 saturated heterocycles. The normalized spacial score (nSPS) is 15.8. The van der Waals surface area contributed by atoms with E-state index < -0.39 is 6.23 Å². The molecule has 1 amide bonds. The van der Waals surface area contributed by atoms with Crippen LogP contribution in [0.25, 0.3) is 0 Å². The third kappa shape index (κ3) is 3.80. The molecule has 27 heavy (non-hydrogen) atoms. The second-order valence-corrected chi connectivity index (χ2v) is 6.95. The molecule has 0 unspecified atom stereocenters. The zero-order valence-corrected chi connectivity index (χ0v) is 17.5. The van der Waals surface area contributed by atoms with Crippen LogP contribution in [0.15, 0.2) is 41.5 Å². The van der Waals surface area contributed by atoms with Gasteiger partial charge < -0.3 is 18.9 Å². The van der Waals surface area contributed by atoms with E-state index in [4.69, 9.17) is 18.9 Å². The fraction of sp³-hybridized carbons (Fsp3) is 0.263. The lowest BCUT2D eigenvalue weighted by atomic mass is 10.1. The lowest BCUT2D eigenvalue weighted by Crippen LogP contribution is -2.25. The van der Waals surface area contributed by atoms with Crippen molar-refractivity contribution in [1.29, 1.82) is 0 Å². The number of hydrazone groups is 1. The van der Waals surface area contributed by atoms with Crippen LogP contribution in [0.2, 0.25) is 0 Å². The lowest BCUT2D eigenvalue weighted by Gasteiger charge is -2.21. The van der Waals surface area contributed by atoms with Crippen LogP contribution >= 0.6 is 22.6 Å². The van der Waals surface area contributed by atoms with Gasteiger partial charge in [0.05, 0.1) is 21.3 Å². The van der Waals surface area contributed by atoms with E-state index in [0.29, 0.717) is 28.7 Å². The van der Waals surface area contributed by atoms with Gasteiger partial charge in [0.25, 0.3) is 0 Å². The summed E-state index contributed by atoms with van der Waals surface area (Å²) in [7, 11) is 4.60. The van der Waals surface area contributed by atoms with Crippen molar-refractivity contribution in [3.05, 3.63) is 51.1 Å². The van der Waals surface area contributed by atoms with Crippen LogP contribution in [0.4, 0.5) is 0 Å². The van der Waals surface area contributed by atoms with Gasteiger partial charge in [-0.3, -0.25) is 4.79 Å². The van der Waals surface area contributed by atoms with Crippen LogP contribution in [0.3, 0.4) is 0 Å². The summed E-state index contributed by atoms with van der Waals surface area (Å²) in [5, 5.41) is 5.67. The van der Waals surface area contributed by atoms with Crippen molar-refractivity contribution in [2.75, 3.05) is 21.3 Å². The van der Waals surface area contributed by atoms with Crippen LogP contribution in [0.5, 0.6) is 17.2 Å². The van der Waals surface area contributed by atoms with Crippen molar-refractivity contribution in [3.8, 4) is 17.2 Å². The summed E-state index contributed by atoms with van der Waals surface area (Å²) in [6.07, 6.45) is -0.732. The average molecular weight is 482 g/mol. The highest BCUT2D eigenvalue weighted by molar-refractivity contribution is 14.1. The minimum atomic E-state index is -0.732. The van der Waals surface area contributed by atoms with E-state index in [1.807, 2.05) is 24.3 Å². The molecule has 7 nitrogen and oxygen atoms in total. The SMILES string of the molecule is COc1cc([C@@H]2OC(c3cccc(I)c3)=NN2C(C)=O)cc(OC)c1OC. The Morgan fingerprint density at radius 1 is 1.11 bits per heavy atom. The van der Waals surface area contributed by atoms with Gasteiger partial charge in [0.1, 0.15) is 0 Å². The van der Waals surface area contributed by atoms with E-state index in [-0.39, 0.29) is 5.91 Å². The number of benzene rings is 2. The van der Waals surface area contributed by atoms with Crippen molar-refractivity contribution in [1.82, 2.24) is 5.01 Å². The second kappa shape index (κ2) is 8.03. The highest BCUT2D eigenvalue weighted by atomic mass is 127. The average Bonchev–Trinajstić information content (AvgIpc) is 3.12. The van der Waals surface area contributed by atoms with E-state index in [1.165, 1.54) is 33.3 Å². The molecule has 0 aromatic heterocycles. The molecule has 1 aliphatic rings. The molecule has 1 heterocycles. The van der Waals surface area contributed by atoms with Crippen LogP contribution in [-0.2, 0) is 9.53 Å². The van der Waals surface area contributed by atoms with Gasteiger partial charge in [-0.2, -0.15) is 5.01 Å². The Morgan fingerprint density at radius 3 is 2.30 bits per heavy atom. The molecular weight excluding hydrogens is 463 g/mol. The molecule has 0 N–H and O–H groups in total. The first-order valence-electron chi connectivity index (χ1n) is 8.09. The fourth-order valence-electron chi connectivity index (χ4n) is 2.77. The number of ether oxygens (including phenoxy) is 4. The van der Waals surface area contributed by atoms with Crippen molar-refractivity contribution in [2.45, 2.75) is 13.2 Å². The molecule has 0 fully saturated rings. The Bertz CT molecular complexity index is 874. The number of rotatable bonds is 5. The molecule has 1 aliphatic heterocycles. The Hall–Kier alpha value is -2.49. The van der Waals surface area contributed by atoms with Crippen LogP contribution < -0.4 is 14.2 Å². The first-order chi connectivity index (χ1) is 13.0. The van der Waals surface area contributed by atoms with Crippen LogP contribution in [0, 0.1) is 3.57 Å². The number of hydrogen-bond donors (Lipinski definition) is 0. The highest BCUT2D eigenvalue weighted by Crippen LogP contribution is 2.42. The molecule has 0 spiro atoms. The molecule has 0 bridgehead atoms. The number of halogens is 1. The van der Waals surface area contributed by atoms with E-state index in [0.717, 1.165) is 9.13 Å². The summed E-state index contributed by atoms with van der Waals surface area (Å²) < 4.78 is 23.2. The lowest BCUT2D eigenvalue weighted by molar-refractivity contribution is -0.135. The third-order valence-electron chi connectivity index (χ3n) is 4.01. The predicted octanol–water partition coefficient (Wildman–Crippen LogP) is 3.56. The summed E-state index contributed by atoms with van der Waals surface area (Å²) in [6, 6.07) is 11.2. The first-order valence-corrected chi connectivity index (χ1v) is 9.17. The monoisotopic (exact) mass is 482 g/mol. The van der Waals surface area contributed by atoms with Gasteiger partial charge in [-0.25, -0.2) is 0 Å². The van der Waals surface area contributed by atoms with E-state index in [2.05, 4.69) is 27.7 Å². The van der Waals surface area contributed by atoms with Gasteiger partial charge in [0, 0.05) is 21.6 Å². The van der Waals surface area contributed by atoms with Crippen molar-refractivity contribution in [3.63, 3.8) is 0 Å². The topological polar surface area (TPSA) is 69.6 Å². The van der Waals surface area contributed by atoms with Gasteiger partial charge in [-0.05, 0) is 52.9 Å². The van der Waals surface area contributed by atoms with E-state index >= 15 is 0 Å². The molecule has 3 rings (SSSR count). The van der Waals surface area contributed by atoms with E-state index in [1.54, 1.807) is 12.1 Å². The van der Waals surface area contributed by atoms with Crippen molar-refractivity contribution < 1.29 is 23.7 Å². The Morgan fingerprint density at radius 2 is 1.78 bits per heavy atom. The molecule has 2 aromatic carbocycles. The Balaban J connectivity index is 2.03. The minimum absolute atomic E-state index is 0.241. The maximum atomic E-state index is 12.2. The molecule has 2 aromatic rings. The second-order valence-electron chi connectivity index (χ2n) is 5.71. The van der Waals surface area contributed by atoms with E-state index in [9.17, 15) is 4.79 Å².